The lowest BCUT2D eigenvalue weighted by atomic mass is 10.0. The number of aliphatic hydroxyl groups excluding tert-OH is 1. The van der Waals surface area contributed by atoms with Crippen LogP contribution in [0.3, 0.4) is 0 Å². The van der Waals surface area contributed by atoms with E-state index in [4.69, 9.17) is 4.74 Å². The summed E-state index contributed by atoms with van der Waals surface area (Å²) in [7, 11) is 0. The lowest BCUT2D eigenvalue weighted by Crippen LogP contribution is -2.17. The Kier molecular flexibility index (Phi) is 3.58. The third-order valence-corrected chi connectivity index (χ3v) is 3.80. The van der Waals surface area contributed by atoms with Gasteiger partial charge in [-0.2, -0.15) is 0 Å². The molecule has 0 bridgehead atoms. The van der Waals surface area contributed by atoms with Crippen molar-refractivity contribution in [2.24, 2.45) is 5.92 Å². The van der Waals surface area contributed by atoms with Gasteiger partial charge in [0.15, 0.2) is 0 Å². The van der Waals surface area contributed by atoms with Crippen molar-refractivity contribution in [3.05, 3.63) is 69.8 Å². The summed E-state index contributed by atoms with van der Waals surface area (Å²) < 4.78 is 5.93. The molecule has 5 nitrogen and oxygen atoms in total. The van der Waals surface area contributed by atoms with Crippen LogP contribution < -0.4 is 4.74 Å². The predicted octanol–water partition coefficient (Wildman–Crippen LogP) is 2.88. The molecule has 2 aromatic rings. The lowest BCUT2D eigenvalue weighted by molar-refractivity contribution is -0.385. The smallest absolute Gasteiger partial charge is 0.273 e. The van der Waals surface area contributed by atoms with Crippen LogP contribution in [0.1, 0.15) is 17.2 Å². The van der Waals surface area contributed by atoms with Crippen LogP contribution in [0.25, 0.3) is 0 Å². The first-order chi connectivity index (χ1) is 10.2. The maximum Gasteiger partial charge on any atom is 0.273 e. The zero-order valence-electron chi connectivity index (χ0n) is 11.3. The average molecular weight is 285 g/mol. The zero-order chi connectivity index (χ0) is 14.8. The van der Waals surface area contributed by atoms with E-state index in [0.717, 1.165) is 17.5 Å². The van der Waals surface area contributed by atoms with Crippen molar-refractivity contribution < 1.29 is 14.8 Å². The van der Waals surface area contributed by atoms with Gasteiger partial charge in [-0.05, 0) is 23.6 Å². The van der Waals surface area contributed by atoms with Crippen LogP contribution in [0.2, 0.25) is 0 Å². The summed E-state index contributed by atoms with van der Waals surface area (Å²) in [5.41, 5.74) is 2.20. The second-order valence-electron chi connectivity index (χ2n) is 5.14. The summed E-state index contributed by atoms with van der Waals surface area (Å²) in [4.78, 5) is 10.4. The Morgan fingerprint density at radius 3 is 2.81 bits per heavy atom. The first-order valence-corrected chi connectivity index (χ1v) is 6.79. The Morgan fingerprint density at radius 2 is 2.05 bits per heavy atom. The Labute approximate surface area is 122 Å². The fourth-order valence-electron chi connectivity index (χ4n) is 2.78. The molecule has 0 saturated carbocycles. The fraction of sp³-hybridized carbons (Fsp3) is 0.250. The van der Waals surface area contributed by atoms with Crippen LogP contribution in [-0.4, -0.2) is 16.6 Å². The highest BCUT2D eigenvalue weighted by molar-refractivity contribution is 5.40. The van der Waals surface area contributed by atoms with Crippen LogP contribution in [0.5, 0.6) is 5.75 Å². The van der Waals surface area contributed by atoms with E-state index in [1.54, 1.807) is 12.1 Å². The van der Waals surface area contributed by atoms with Crippen LogP contribution in [0.4, 0.5) is 5.69 Å². The molecule has 21 heavy (non-hydrogen) atoms. The molecule has 1 N–H and O–H groups in total. The molecule has 2 atom stereocenters. The molecule has 0 radical (unpaired) electrons. The highest BCUT2D eigenvalue weighted by Crippen LogP contribution is 2.39. The molecule has 0 fully saturated rings. The molecule has 1 aliphatic carbocycles. The molecule has 0 saturated heterocycles. The molecule has 0 amide bonds. The molecule has 1 aliphatic rings. The Bertz CT molecular complexity index is 671. The van der Waals surface area contributed by atoms with Gasteiger partial charge < -0.3 is 9.84 Å². The number of rotatable bonds is 4. The number of hydrogen-bond donors (Lipinski definition) is 1. The van der Waals surface area contributed by atoms with Gasteiger partial charge in [0.25, 0.3) is 5.69 Å². The molecular formula is C16H15NO4. The van der Waals surface area contributed by atoms with E-state index in [0.29, 0.717) is 5.75 Å². The van der Waals surface area contributed by atoms with Crippen molar-refractivity contribution in [1.82, 2.24) is 0 Å². The molecule has 5 heteroatoms. The maximum absolute atomic E-state index is 10.8. The van der Waals surface area contributed by atoms with Crippen molar-refractivity contribution in [2.75, 3.05) is 6.61 Å². The van der Waals surface area contributed by atoms with Crippen LogP contribution in [-0.2, 0) is 6.42 Å². The summed E-state index contributed by atoms with van der Waals surface area (Å²) in [5.74, 6) is 0.422. The number of nitro benzene ring substituents is 1. The quantitative estimate of drug-likeness (QED) is 0.692. The van der Waals surface area contributed by atoms with Gasteiger partial charge in [0, 0.05) is 12.0 Å². The van der Waals surface area contributed by atoms with Crippen molar-refractivity contribution in [1.29, 1.82) is 0 Å². The summed E-state index contributed by atoms with van der Waals surface area (Å²) in [5, 5.41) is 20.4. The van der Waals surface area contributed by atoms with E-state index < -0.39 is 4.92 Å². The largest absolute Gasteiger partial charge is 0.485 e. The van der Waals surface area contributed by atoms with Gasteiger partial charge in [-0.25, -0.2) is 0 Å². The van der Waals surface area contributed by atoms with Crippen molar-refractivity contribution in [3.63, 3.8) is 0 Å². The third-order valence-electron chi connectivity index (χ3n) is 3.80. The van der Waals surface area contributed by atoms with Gasteiger partial charge in [0.2, 0.25) is 0 Å². The van der Waals surface area contributed by atoms with E-state index in [1.165, 1.54) is 12.1 Å². The Morgan fingerprint density at radius 1 is 1.24 bits per heavy atom. The first kappa shape index (κ1) is 13.6. The normalized spacial score (nSPS) is 20.0. The summed E-state index contributed by atoms with van der Waals surface area (Å²) in [6, 6.07) is 14.0. The summed E-state index contributed by atoms with van der Waals surface area (Å²) in [6.07, 6.45) is 0.486. The molecule has 3 rings (SSSR count). The number of nitro groups is 1. The van der Waals surface area contributed by atoms with Gasteiger partial charge in [-0.1, -0.05) is 30.3 Å². The molecule has 2 unspecified atom stereocenters. The minimum Gasteiger partial charge on any atom is -0.485 e. The fourth-order valence-corrected chi connectivity index (χ4v) is 2.78. The van der Waals surface area contributed by atoms with E-state index in [2.05, 4.69) is 0 Å². The van der Waals surface area contributed by atoms with E-state index in [-0.39, 0.29) is 24.3 Å². The highest BCUT2D eigenvalue weighted by atomic mass is 16.6. The number of aliphatic hydroxyl groups is 1. The minimum atomic E-state index is -0.445. The Hall–Kier alpha value is -2.40. The number of benzene rings is 2. The van der Waals surface area contributed by atoms with E-state index in [9.17, 15) is 15.2 Å². The monoisotopic (exact) mass is 285 g/mol. The van der Waals surface area contributed by atoms with Crippen molar-refractivity contribution >= 4 is 5.69 Å². The number of ether oxygens (including phenoxy) is 1. The van der Waals surface area contributed by atoms with Crippen LogP contribution >= 0.6 is 0 Å². The topological polar surface area (TPSA) is 72.6 Å². The molecule has 0 spiro atoms. The second kappa shape index (κ2) is 5.54. The van der Waals surface area contributed by atoms with Gasteiger partial charge in [0.1, 0.15) is 11.9 Å². The number of hydrogen-bond acceptors (Lipinski definition) is 4. The maximum atomic E-state index is 10.8. The van der Waals surface area contributed by atoms with Crippen LogP contribution in [0, 0.1) is 16.0 Å². The zero-order valence-corrected chi connectivity index (χ0v) is 11.3. The highest BCUT2D eigenvalue weighted by Gasteiger charge is 2.33. The summed E-state index contributed by atoms with van der Waals surface area (Å²) in [6.45, 7) is 0.0221. The molecule has 0 aromatic heterocycles. The molecule has 0 aliphatic heterocycles. The van der Waals surface area contributed by atoms with E-state index >= 15 is 0 Å². The van der Waals surface area contributed by atoms with Crippen molar-refractivity contribution in [3.8, 4) is 5.75 Å². The average Bonchev–Trinajstić information content (AvgIpc) is 2.86. The predicted molar refractivity (Wildman–Crippen MR) is 77.2 cm³/mol. The standard InChI is InChI=1S/C16H15NO4/c18-10-12-8-11-4-1-2-7-15(11)16(12)21-14-6-3-5-13(9-14)17(19)20/h1-7,9,12,16,18H,8,10H2. The van der Waals surface area contributed by atoms with Gasteiger partial charge in [-0.3, -0.25) is 10.1 Å². The lowest BCUT2D eigenvalue weighted by Gasteiger charge is -2.20. The minimum absolute atomic E-state index is 0.000620. The summed E-state index contributed by atoms with van der Waals surface area (Å²) >= 11 is 0. The SMILES string of the molecule is O=[N+]([O-])c1cccc(OC2c3ccccc3CC2CO)c1. The Balaban J connectivity index is 1.89. The molecular weight excluding hydrogens is 270 g/mol. The van der Waals surface area contributed by atoms with Gasteiger partial charge in [-0.15, -0.1) is 0 Å². The molecule has 108 valence electrons. The van der Waals surface area contributed by atoms with Gasteiger partial charge >= 0.3 is 0 Å². The first-order valence-electron chi connectivity index (χ1n) is 6.79. The number of non-ortho nitro benzene ring substituents is 1. The van der Waals surface area contributed by atoms with E-state index in [1.807, 2.05) is 24.3 Å². The van der Waals surface area contributed by atoms with Crippen LogP contribution in [0.15, 0.2) is 48.5 Å². The molecule has 2 aromatic carbocycles. The van der Waals surface area contributed by atoms with Gasteiger partial charge in [0.05, 0.1) is 17.6 Å². The number of nitrogens with zero attached hydrogens (tertiary/aromatic N) is 1. The number of fused-ring (bicyclic) bond motifs is 1. The van der Waals surface area contributed by atoms with Crippen molar-refractivity contribution in [2.45, 2.75) is 12.5 Å². The molecule has 0 heterocycles. The second-order valence-corrected chi connectivity index (χ2v) is 5.14. The third kappa shape index (κ3) is 2.60.